The van der Waals surface area contributed by atoms with Gasteiger partial charge in [-0.15, -0.1) is 0 Å². The molecule has 3 aliphatic rings. The van der Waals surface area contributed by atoms with Gasteiger partial charge < -0.3 is 20.4 Å². The Bertz CT molecular complexity index is 7230. The molecule has 0 saturated carbocycles. The summed E-state index contributed by atoms with van der Waals surface area (Å²) >= 11 is 3.72. The van der Waals surface area contributed by atoms with Crippen molar-refractivity contribution in [2.24, 2.45) is 0 Å². The first-order valence-electron chi connectivity index (χ1n) is 45.7. The van der Waals surface area contributed by atoms with E-state index in [1.807, 2.05) is 54.6 Å². The zero-order valence-corrected chi connectivity index (χ0v) is 75.7. The molecule has 23 rings (SSSR count). The molecule has 2 N–H and O–H groups in total. The second kappa shape index (κ2) is 37.0. The fourth-order valence-electron chi connectivity index (χ4n) is 20.6. The Balaban J connectivity index is 0.000000160. The highest BCUT2D eigenvalue weighted by molar-refractivity contribution is 9.10. The second-order valence-corrected chi connectivity index (χ2v) is 35.1. The molecule has 3 atom stereocenters. The molecule has 638 valence electrons. The number of hydrogen-bond donors (Lipinski definition) is 2. The van der Waals surface area contributed by atoms with Gasteiger partial charge in [-0.05, 0) is 273 Å². The van der Waals surface area contributed by atoms with Crippen LogP contribution in [0, 0.1) is 0 Å². The number of halogens is 1. The van der Waals surface area contributed by atoms with Crippen LogP contribution in [0.1, 0.15) is 83.5 Å². The molecule has 20 aromatic carbocycles. The molecule has 0 spiro atoms. The quantitative estimate of drug-likeness (QED) is 0.0751. The number of fused-ring (bicyclic) bond motifs is 9. The van der Waals surface area contributed by atoms with Crippen molar-refractivity contribution in [3.8, 4) is 55.6 Å². The molecule has 3 unspecified atom stereocenters. The van der Waals surface area contributed by atoms with Gasteiger partial charge in [0, 0.05) is 61.3 Å². The van der Waals surface area contributed by atoms with Crippen molar-refractivity contribution in [2.45, 2.75) is 16.2 Å². The average molecular weight is 1780 g/mol. The minimum absolute atomic E-state index is 0.337. The summed E-state index contributed by atoms with van der Waals surface area (Å²) in [6.07, 6.45) is 5.73. The average Bonchev–Trinajstić information content (AvgIpc) is 1.54. The van der Waals surface area contributed by atoms with Crippen molar-refractivity contribution in [2.75, 3.05) is 20.4 Å². The lowest BCUT2D eigenvalue weighted by molar-refractivity contribution is 0.768. The summed E-state index contributed by atoms with van der Waals surface area (Å²) in [5.41, 5.74) is 40.3. The third-order valence-electron chi connectivity index (χ3n) is 26.8. The Morgan fingerprint density at radius 2 is 0.410 bits per heavy atom. The Kier molecular flexibility index (Phi) is 23.3. The number of hydrogen-bond acceptors (Lipinski definition) is 4. The molecule has 4 nitrogen and oxygen atoms in total. The molecule has 0 aromatic heterocycles. The second-order valence-electron chi connectivity index (χ2n) is 34.2. The van der Waals surface area contributed by atoms with E-state index in [0.717, 1.165) is 89.2 Å². The van der Waals surface area contributed by atoms with Crippen LogP contribution in [0.25, 0.3) is 73.9 Å². The zero-order chi connectivity index (χ0) is 90.4. The van der Waals surface area contributed by atoms with E-state index in [4.69, 9.17) is 0 Å². The highest BCUT2D eigenvalue weighted by Gasteiger charge is 2.50. The number of nitrogens with zero attached hydrogens (tertiary/aromatic N) is 2. The Morgan fingerprint density at radius 3 is 0.716 bits per heavy atom. The number of rotatable bonds is 21. The van der Waals surface area contributed by atoms with E-state index in [0.29, 0.717) is 0 Å². The fourth-order valence-corrected chi connectivity index (χ4v) is 21.0. The van der Waals surface area contributed by atoms with Gasteiger partial charge in [-0.1, -0.05) is 430 Å². The lowest BCUT2D eigenvalue weighted by atomic mass is 9.67. The first-order chi connectivity index (χ1) is 66.2. The van der Waals surface area contributed by atoms with Crippen LogP contribution in [0.2, 0.25) is 0 Å². The predicted octanol–water partition coefficient (Wildman–Crippen LogP) is 34.6. The largest absolute Gasteiger partial charge is 0.356 e. The van der Waals surface area contributed by atoms with Crippen LogP contribution in [0.15, 0.2) is 534 Å². The van der Waals surface area contributed by atoms with Crippen molar-refractivity contribution in [3.05, 3.63) is 617 Å². The predicted molar refractivity (Wildman–Crippen MR) is 569 cm³/mol. The van der Waals surface area contributed by atoms with Gasteiger partial charge in [0.2, 0.25) is 0 Å². The van der Waals surface area contributed by atoms with Crippen LogP contribution in [-0.2, 0) is 16.2 Å². The Morgan fingerprint density at radius 1 is 0.187 bits per heavy atom. The summed E-state index contributed by atoms with van der Waals surface area (Å²) in [5, 5.41) is 6.82. The smallest absolute Gasteiger partial charge is 0.0714 e. The molecular formula is C129H95BrN4. The van der Waals surface area contributed by atoms with Crippen LogP contribution < -0.4 is 20.4 Å². The highest BCUT2D eigenvalue weighted by Crippen LogP contribution is 2.61. The monoisotopic (exact) mass is 1780 g/mol. The lowest BCUT2D eigenvalue weighted by Crippen LogP contribution is -2.28. The number of para-hydroxylation sites is 4. The Hall–Kier alpha value is -16.7. The lowest BCUT2D eigenvalue weighted by Gasteiger charge is -2.35. The van der Waals surface area contributed by atoms with E-state index < -0.39 is 10.8 Å². The third kappa shape index (κ3) is 15.5. The van der Waals surface area contributed by atoms with Crippen molar-refractivity contribution in [1.82, 2.24) is 0 Å². The molecule has 0 radical (unpaired) electrons. The number of anilines is 10. The van der Waals surface area contributed by atoms with Gasteiger partial charge in [0.1, 0.15) is 0 Å². The van der Waals surface area contributed by atoms with E-state index in [1.165, 1.54) is 111 Å². The highest BCUT2D eigenvalue weighted by atomic mass is 79.9. The van der Waals surface area contributed by atoms with E-state index in [9.17, 15) is 0 Å². The SMILES string of the molecule is C=Cc1ccc(C2(c3ccccc3)c3ccccc3-c3ccc(Br)cc32)cc1.C=Cc1ccc(C2(c3ccccc3)c3ccccc3-c3ccc(N(c4ccccc4)c4ccc(-c5ccc(N(c6ccccc6)c6ccc7c(c6)C(c6ccccc6)(c6ccc(C=C)cc6)c6ccccc6-7)cc5)cc4)cc32)cc1.c1ccc(Nc2ccc(-c3ccc(Nc4ccccc4)cc3)cc2)cc1. The molecule has 0 fully saturated rings. The summed E-state index contributed by atoms with van der Waals surface area (Å²) in [4.78, 5) is 4.78. The van der Waals surface area contributed by atoms with Crippen LogP contribution in [-0.4, -0.2) is 0 Å². The van der Waals surface area contributed by atoms with Crippen LogP contribution in [0.4, 0.5) is 56.9 Å². The maximum Gasteiger partial charge on any atom is 0.0714 e. The van der Waals surface area contributed by atoms with E-state index in [1.54, 1.807) is 0 Å². The van der Waals surface area contributed by atoms with Gasteiger partial charge in [-0.25, -0.2) is 0 Å². The molecule has 0 aliphatic heterocycles. The van der Waals surface area contributed by atoms with Gasteiger partial charge in [-0.3, -0.25) is 0 Å². The van der Waals surface area contributed by atoms with Gasteiger partial charge >= 0.3 is 0 Å². The normalized spacial score (nSPS) is 14.8. The summed E-state index contributed by atoms with van der Waals surface area (Å²) in [7, 11) is 0. The van der Waals surface area contributed by atoms with E-state index >= 15 is 0 Å². The Labute approximate surface area is 794 Å². The molecule has 0 bridgehead atoms. The number of benzene rings is 20. The minimum Gasteiger partial charge on any atom is -0.356 e. The fraction of sp³-hybridized carbons (Fsp3) is 0.0233. The maximum atomic E-state index is 4.07. The first-order valence-corrected chi connectivity index (χ1v) is 46.5. The van der Waals surface area contributed by atoms with Gasteiger partial charge in [0.25, 0.3) is 0 Å². The zero-order valence-electron chi connectivity index (χ0n) is 74.1. The molecule has 0 heterocycles. The molecule has 134 heavy (non-hydrogen) atoms. The topological polar surface area (TPSA) is 30.5 Å². The van der Waals surface area contributed by atoms with Crippen molar-refractivity contribution >= 4 is 91.0 Å². The third-order valence-corrected chi connectivity index (χ3v) is 27.3. The standard InChI is InChI=1S/C78H56N2.C27H19Br.C24H20N2/c1-3-55-33-41-61(42-34-55)77(59-21-9-5-10-22-59)73-31-19-17-29-69(73)71-51-49-67(53-75(71)77)79(63-25-13-7-14-26-63)65-45-37-57(38-46-65)58-39-47-66(48-40-58)80(64-27-15-8-16-28-64)68-50-52-72-70-30-18-20-32-74(70)78(76(72)54-68,60-23-11-6-12-24-60)62-43-35-56(4-2)36-44-62;1-2-19-12-14-21(15-13-19)27(20-8-4-3-5-9-20)25-11-7-6-10-23(25)24-17-16-22(28)18-26(24)27;1-3-7-21(8-4-1)25-23-15-11-19(12-16-23)20-13-17-24(18-14-20)26-22-9-5-2-6-10-22/h3-54H,1-2H2;2-18H,1H2;1-18,25-26H. The first kappa shape index (κ1) is 84.2. The molecule has 20 aromatic rings. The molecular weight excluding hydrogens is 1690 g/mol. The van der Waals surface area contributed by atoms with E-state index in [2.05, 4.69) is 529 Å². The summed E-state index contributed by atoms with van der Waals surface area (Å²) in [6.45, 7) is 12.1. The molecule has 3 aliphatic carbocycles. The maximum absolute atomic E-state index is 4.07. The van der Waals surface area contributed by atoms with Crippen molar-refractivity contribution < 1.29 is 0 Å². The molecule has 0 amide bonds. The van der Waals surface area contributed by atoms with E-state index in [-0.39, 0.29) is 5.41 Å². The van der Waals surface area contributed by atoms with Crippen molar-refractivity contribution in [3.63, 3.8) is 0 Å². The molecule has 0 saturated heterocycles. The van der Waals surface area contributed by atoms with Gasteiger partial charge in [0.15, 0.2) is 0 Å². The summed E-state index contributed by atoms with van der Waals surface area (Å²) < 4.78 is 1.10. The van der Waals surface area contributed by atoms with Gasteiger partial charge in [-0.2, -0.15) is 0 Å². The summed E-state index contributed by atoms with van der Waals surface area (Å²) in [6, 6.07) is 184. The number of nitrogens with one attached hydrogen (secondary N) is 2. The van der Waals surface area contributed by atoms with Crippen LogP contribution in [0.3, 0.4) is 0 Å². The van der Waals surface area contributed by atoms with Gasteiger partial charge in [0.05, 0.1) is 16.2 Å². The minimum atomic E-state index is -0.547. The van der Waals surface area contributed by atoms with Crippen molar-refractivity contribution in [1.29, 1.82) is 0 Å². The van der Waals surface area contributed by atoms with Crippen LogP contribution >= 0.6 is 15.9 Å². The summed E-state index contributed by atoms with van der Waals surface area (Å²) in [5.74, 6) is 0. The van der Waals surface area contributed by atoms with Crippen LogP contribution in [0.5, 0.6) is 0 Å². The molecule has 5 heteroatoms.